The first-order valence-corrected chi connectivity index (χ1v) is 16.8. The molecule has 0 saturated carbocycles. The van der Waals surface area contributed by atoms with Gasteiger partial charge in [-0.1, -0.05) is 152 Å². The third kappa shape index (κ3) is 4.46. The highest BCUT2D eigenvalue weighted by molar-refractivity contribution is 6.21. The highest BCUT2D eigenvalue weighted by atomic mass is 15.1. The Balaban J connectivity index is 1.16. The Hall–Kier alpha value is -6.51. The molecule has 1 heterocycles. The Kier molecular flexibility index (Phi) is 6.22. The van der Waals surface area contributed by atoms with Gasteiger partial charge in [-0.05, 0) is 95.7 Å². The van der Waals surface area contributed by atoms with E-state index in [9.17, 15) is 0 Å². The molecule has 0 N–H and O–H groups in total. The molecule has 0 aliphatic heterocycles. The number of benzene rings is 9. The number of imidazole rings is 1. The highest BCUT2D eigenvalue weighted by Crippen LogP contribution is 2.44. The summed E-state index contributed by atoms with van der Waals surface area (Å²) in [6.07, 6.45) is 0. The summed E-state index contributed by atoms with van der Waals surface area (Å²) in [7, 11) is 0. The van der Waals surface area contributed by atoms with Crippen LogP contribution in [0.2, 0.25) is 0 Å². The molecule has 0 spiro atoms. The summed E-state index contributed by atoms with van der Waals surface area (Å²) >= 11 is 0. The molecule has 0 radical (unpaired) electrons. The molecule has 0 bridgehead atoms. The molecule has 1 aromatic heterocycles. The largest absolute Gasteiger partial charge is 0.292 e. The van der Waals surface area contributed by atoms with E-state index in [1.807, 2.05) is 0 Å². The van der Waals surface area contributed by atoms with E-state index < -0.39 is 0 Å². The molecule has 49 heavy (non-hydrogen) atoms. The van der Waals surface area contributed by atoms with E-state index >= 15 is 0 Å². The first-order chi connectivity index (χ1) is 24.3. The average molecular weight is 623 g/mol. The van der Waals surface area contributed by atoms with Crippen LogP contribution < -0.4 is 0 Å². The Morgan fingerprint density at radius 2 is 0.816 bits per heavy atom. The van der Waals surface area contributed by atoms with Crippen molar-refractivity contribution < 1.29 is 0 Å². The third-order valence-corrected chi connectivity index (χ3v) is 9.95. The lowest BCUT2D eigenvalue weighted by atomic mass is 9.85. The SMILES string of the molecule is c1ccc2cc(-c3c4ccccc4c(-c4ccc(-c5nc6ccccc6n5-c5ccc6ccccc6c5)cc4)c4ccccc34)ccc2c1. The summed E-state index contributed by atoms with van der Waals surface area (Å²) in [6.45, 7) is 0. The van der Waals surface area contributed by atoms with Crippen molar-refractivity contribution in [3.8, 4) is 39.3 Å². The van der Waals surface area contributed by atoms with Crippen molar-refractivity contribution in [3.05, 3.63) is 182 Å². The van der Waals surface area contributed by atoms with Gasteiger partial charge in [0.15, 0.2) is 0 Å². The smallest absolute Gasteiger partial charge is 0.145 e. The van der Waals surface area contributed by atoms with E-state index in [0.717, 1.165) is 28.1 Å². The summed E-state index contributed by atoms with van der Waals surface area (Å²) in [5.74, 6) is 0.935. The second-order valence-corrected chi connectivity index (χ2v) is 12.8. The quantitative estimate of drug-likeness (QED) is 0.179. The number of para-hydroxylation sites is 2. The standard InChI is InChI=1S/C47H30N2/c1-3-13-35-29-37(26-21-31(35)11-1)46-41-17-7-5-15-39(41)45(40-16-6-8-18-42(40)46)33-22-24-34(25-23-33)47-48-43-19-9-10-20-44(43)49(47)38-28-27-32-12-2-4-14-36(32)30-38/h1-30H. The maximum Gasteiger partial charge on any atom is 0.145 e. The highest BCUT2D eigenvalue weighted by Gasteiger charge is 2.18. The Morgan fingerprint density at radius 1 is 0.347 bits per heavy atom. The summed E-state index contributed by atoms with van der Waals surface area (Å²) in [5, 5.41) is 9.97. The molecule has 0 unspecified atom stereocenters. The van der Waals surface area contributed by atoms with E-state index in [2.05, 4.69) is 187 Å². The zero-order valence-corrected chi connectivity index (χ0v) is 26.7. The van der Waals surface area contributed by atoms with E-state index in [0.29, 0.717) is 0 Å². The summed E-state index contributed by atoms with van der Waals surface area (Å²) in [4.78, 5) is 5.17. The van der Waals surface area contributed by atoms with Crippen LogP contribution in [0.5, 0.6) is 0 Å². The Labute approximate surface area is 284 Å². The van der Waals surface area contributed by atoms with Gasteiger partial charge in [0.2, 0.25) is 0 Å². The molecule has 0 saturated heterocycles. The normalized spacial score (nSPS) is 11.7. The molecule has 10 rings (SSSR count). The number of fused-ring (bicyclic) bond motifs is 5. The molecule has 10 aromatic rings. The predicted molar refractivity (Wildman–Crippen MR) is 207 cm³/mol. The van der Waals surface area contributed by atoms with Crippen LogP contribution in [-0.4, -0.2) is 9.55 Å². The summed E-state index contributed by atoms with van der Waals surface area (Å²) < 4.78 is 2.29. The van der Waals surface area contributed by atoms with Gasteiger partial charge in [-0.2, -0.15) is 0 Å². The zero-order valence-electron chi connectivity index (χ0n) is 26.7. The van der Waals surface area contributed by atoms with Gasteiger partial charge in [-0.25, -0.2) is 4.98 Å². The van der Waals surface area contributed by atoms with Crippen molar-refractivity contribution in [2.75, 3.05) is 0 Å². The predicted octanol–water partition coefficient (Wildman–Crippen LogP) is 12.6. The van der Waals surface area contributed by atoms with Crippen LogP contribution in [0.1, 0.15) is 0 Å². The van der Waals surface area contributed by atoms with Gasteiger partial charge in [0, 0.05) is 11.3 Å². The molecule has 2 heteroatoms. The van der Waals surface area contributed by atoms with E-state index in [1.165, 1.54) is 65.3 Å². The van der Waals surface area contributed by atoms with Gasteiger partial charge >= 0.3 is 0 Å². The van der Waals surface area contributed by atoms with Gasteiger partial charge in [-0.3, -0.25) is 4.57 Å². The first-order valence-electron chi connectivity index (χ1n) is 16.8. The lowest BCUT2D eigenvalue weighted by Gasteiger charge is -2.18. The monoisotopic (exact) mass is 622 g/mol. The maximum atomic E-state index is 5.17. The molecule has 228 valence electrons. The third-order valence-electron chi connectivity index (χ3n) is 9.95. The van der Waals surface area contributed by atoms with Crippen LogP contribution in [0.25, 0.3) is 93.5 Å². The number of hydrogen-bond donors (Lipinski definition) is 0. The number of hydrogen-bond acceptors (Lipinski definition) is 1. The fourth-order valence-electron chi connectivity index (χ4n) is 7.68. The van der Waals surface area contributed by atoms with Gasteiger partial charge in [-0.15, -0.1) is 0 Å². The van der Waals surface area contributed by atoms with Crippen molar-refractivity contribution in [2.24, 2.45) is 0 Å². The second kappa shape index (κ2) is 11.0. The lowest BCUT2D eigenvalue weighted by Crippen LogP contribution is -1.98. The van der Waals surface area contributed by atoms with Crippen molar-refractivity contribution in [1.29, 1.82) is 0 Å². The molecule has 9 aromatic carbocycles. The number of aromatic nitrogens is 2. The van der Waals surface area contributed by atoms with Crippen LogP contribution in [0, 0.1) is 0 Å². The van der Waals surface area contributed by atoms with Crippen molar-refractivity contribution in [1.82, 2.24) is 9.55 Å². The van der Waals surface area contributed by atoms with Gasteiger partial charge in [0.1, 0.15) is 5.82 Å². The zero-order chi connectivity index (χ0) is 32.3. The molecule has 0 amide bonds. The molecule has 2 nitrogen and oxygen atoms in total. The molecular formula is C47H30N2. The van der Waals surface area contributed by atoms with E-state index in [-0.39, 0.29) is 0 Å². The van der Waals surface area contributed by atoms with Crippen LogP contribution in [-0.2, 0) is 0 Å². The van der Waals surface area contributed by atoms with Crippen molar-refractivity contribution in [3.63, 3.8) is 0 Å². The minimum Gasteiger partial charge on any atom is -0.292 e. The van der Waals surface area contributed by atoms with Gasteiger partial charge in [0.05, 0.1) is 11.0 Å². The van der Waals surface area contributed by atoms with Crippen LogP contribution in [0.15, 0.2) is 182 Å². The molecular weight excluding hydrogens is 593 g/mol. The average Bonchev–Trinajstić information content (AvgIpc) is 3.56. The number of rotatable bonds is 4. The minimum atomic E-state index is 0.935. The van der Waals surface area contributed by atoms with Crippen LogP contribution in [0.4, 0.5) is 0 Å². The Bertz CT molecular complexity index is 2820. The lowest BCUT2D eigenvalue weighted by molar-refractivity contribution is 1.11. The summed E-state index contributed by atoms with van der Waals surface area (Å²) in [6, 6.07) is 65.7. The van der Waals surface area contributed by atoms with Crippen LogP contribution in [0.3, 0.4) is 0 Å². The van der Waals surface area contributed by atoms with Crippen molar-refractivity contribution >= 4 is 54.1 Å². The topological polar surface area (TPSA) is 17.8 Å². The maximum absolute atomic E-state index is 5.17. The number of nitrogens with zero attached hydrogens (tertiary/aromatic N) is 2. The fourth-order valence-corrected chi connectivity index (χ4v) is 7.68. The molecule has 0 aliphatic rings. The fraction of sp³-hybridized carbons (Fsp3) is 0. The van der Waals surface area contributed by atoms with Crippen molar-refractivity contribution in [2.45, 2.75) is 0 Å². The van der Waals surface area contributed by atoms with E-state index in [4.69, 9.17) is 4.98 Å². The van der Waals surface area contributed by atoms with Gasteiger partial charge < -0.3 is 0 Å². The Morgan fingerprint density at radius 3 is 1.47 bits per heavy atom. The first kappa shape index (κ1) is 27.6. The van der Waals surface area contributed by atoms with Crippen LogP contribution >= 0.6 is 0 Å². The van der Waals surface area contributed by atoms with Gasteiger partial charge in [0.25, 0.3) is 0 Å². The second-order valence-electron chi connectivity index (χ2n) is 12.8. The minimum absolute atomic E-state index is 0.935. The molecule has 0 atom stereocenters. The summed E-state index contributed by atoms with van der Waals surface area (Å²) in [5.41, 5.74) is 9.22. The molecule has 0 aliphatic carbocycles. The van der Waals surface area contributed by atoms with E-state index in [1.54, 1.807) is 0 Å². The molecule has 0 fully saturated rings.